The van der Waals surface area contributed by atoms with Crippen LogP contribution in [0.2, 0.25) is 0 Å². The molecule has 0 aliphatic rings. The van der Waals surface area contributed by atoms with Crippen LogP contribution < -0.4 is 5.73 Å². The van der Waals surface area contributed by atoms with E-state index >= 15 is 0 Å². The van der Waals surface area contributed by atoms with Crippen LogP contribution in [0.4, 0.5) is 0 Å². The molecule has 2 heteroatoms. The Kier molecular flexibility index (Phi) is 5.24. The van der Waals surface area contributed by atoms with Gasteiger partial charge in [0, 0.05) is 24.3 Å². The first-order valence-corrected chi connectivity index (χ1v) is 8.01. The highest BCUT2D eigenvalue weighted by molar-refractivity contribution is 5.80. The first-order chi connectivity index (χ1) is 9.67. The minimum Gasteiger partial charge on any atom is -0.347 e. The summed E-state index contributed by atoms with van der Waals surface area (Å²) in [6, 6.07) is 9.31. The average Bonchev–Trinajstić information content (AvgIpc) is 2.86. The van der Waals surface area contributed by atoms with Gasteiger partial charge in [0.25, 0.3) is 0 Å². The molecule has 1 unspecified atom stereocenters. The molecule has 1 aromatic carbocycles. The van der Waals surface area contributed by atoms with Gasteiger partial charge in [-0.05, 0) is 47.9 Å². The van der Waals surface area contributed by atoms with Gasteiger partial charge in [-0.25, -0.2) is 0 Å². The first-order valence-electron chi connectivity index (χ1n) is 8.01. The second-order valence-electron chi connectivity index (χ2n) is 5.92. The van der Waals surface area contributed by atoms with E-state index in [9.17, 15) is 0 Å². The molecule has 1 atom stereocenters. The van der Waals surface area contributed by atoms with Gasteiger partial charge in [-0.2, -0.15) is 0 Å². The summed E-state index contributed by atoms with van der Waals surface area (Å²) >= 11 is 0. The van der Waals surface area contributed by atoms with E-state index in [-0.39, 0.29) is 6.04 Å². The monoisotopic (exact) mass is 272 g/mol. The summed E-state index contributed by atoms with van der Waals surface area (Å²) in [6.07, 6.45) is 6.74. The molecule has 2 rings (SSSR count). The SMILES string of the molecule is CCC(N)Cc1ccc2c(ccn2CC(CC)CC)c1. The van der Waals surface area contributed by atoms with Gasteiger partial charge in [-0.15, -0.1) is 0 Å². The number of hydrogen-bond donors (Lipinski definition) is 1. The number of nitrogens with zero attached hydrogens (tertiary/aromatic N) is 1. The Labute approximate surface area is 123 Å². The van der Waals surface area contributed by atoms with E-state index < -0.39 is 0 Å². The van der Waals surface area contributed by atoms with Gasteiger partial charge in [0.15, 0.2) is 0 Å². The second kappa shape index (κ2) is 6.94. The Morgan fingerprint density at radius 3 is 2.45 bits per heavy atom. The van der Waals surface area contributed by atoms with E-state index in [1.54, 1.807) is 0 Å². The number of aromatic nitrogens is 1. The van der Waals surface area contributed by atoms with Crippen LogP contribution in [0.1, 0.15) is 45.6 Å². The number of nitrogens with two attached hydrogens (primary N) is 1. The van der Waals surface area contributed by atoms with Crippen molar-refractivity contribution < 1.29 is 0 Å². The first kappa shape index (κ1) is 15.1. The predicted molar refractivity (Wildman–Crippen MR) is 88.0 cm³/mol. The molecule has 0 radical (unpaired) electrons. The van der Waals surface area contributed by atoms with Crippen LogP contribution in [0.25, 0.3) is 10.9 Å². The van der Waals surface area contributed by atoms with Gasteiger partial charge in [0.1, 0.15) is 0 Å². The smallest absolute Gasteiger partial charge is 0.0480 e. The van der Waals surface area contributed by atoms with Crippen LogP contribution in [0, 0.1) is 5.92 Å². The molecule has 0 fully saturated rings. The molecule has 0 spiro atoms. The molecule has 0 bridgehead atoms. The lowest BCUT2D eigenvalue weighted by atomic mass is 10.0. The van der Waals surface area contributed by atoms with Crippen molar-refractivity contribution in [2.24, 2.45) is 11.7 Å². The minimum absolute atomic E-state index is 0.277. The van der Waals surface area contributed by atoms with Crippen molar-refractivity contribution in [3.05, 3.63) is 36.0 Å². The summed E-state index contributed by atoms with van der Waals surface area (Å²) in [4.78, 5) is 0. The van der Waals surface area contributed by atoms with E-state index in [0.29, 0.717) is 0 Å². The predicted octanol–water partition coefficient (Wildman–Crippen LogP) is 4.36. The molecule has 0 aliphatic carbocycles. The molecule has 20 heavy (non-hydrogen) atoms. The lowest BCUT2D eigenvalue weighted by Gasteiger charge is -2.14. The summed E-state index contributed by atoms with van der Waals surface area (Å²) in [6.45, 7) is 7.84. The third kappa shape index (κ3) is 3.43. The highest BCUT2D eigenvalue weighted by Gasteiger charge is 2.08. The standard InChI is InChI=1S/C18H28N2/c1-4-14(5-2)13-20-10-9-16-11-15(7-8-18(16)20)12-17(19)6-3/h7-11,14,17H,4-6,12-13,19H2,1-3H3. The van der Waals surface area contributed by atoms with Crippen molar-refractivity contribution in [2.45, 2.75) is 59.0 Å². The topological polar surface area (TPSA) is 30.9 Å². The maximum Gasteiger partial charge on any atom is 0.0480 e. The largest absolute Gasteiger partial charge is 0.347 e. The lowest BCUT2D eigenvalue weighted by molar-refractivity contribution is 0.425. The minimum atomic E-state index is 0.277. The van der Waals surface area contributed by atoms with Gasteiger partial charge in [0.2, 0.25) is 0 Å². The van der Waals surface area contributed by atoms with E-state index in [4.69, 9.17) is 5.73 Å². The van der Waals surface area contributed by atoms with Crippen molar-refractivity contribution in [3.8, 4) is 0 Å². The Morgan fingerprint density at radius 1 is 1.05 bits per heavy atom. The summed E-state index contributed by atoms with van der Waals surface area (Å²) in [7, 11) is 0. The summed E-state index contributed by atoms with van der Waals surface area (Å²) in [5.74, 6) is 0.777. The number of benzene rings is 1. The summed E-state index contributed by atoms with van der Waals surface area (Å²) in [5, 5.41) is 1.34. The molecule has 1 aromatic heterocycles. The quantitative estimate of drug-likeness (QED) is 0.798. The molecule has 110 valence electrons. The highest BCUT2D eigenvalue weighted by Crippen LogP contribution is 2.21. The van der Waals surface area contributed by atoms with Crippen LogP contribution in [-0.4, -0.2) is 10.6 Å². The Hall–Kier alpha value is -1.28. The van der Waals surface area contributed by atoms with Gasteiger partial charge in [-0.3, -0.25) is 0 Å². The summed E-state index contributed by atoms with van der Waals surface area (Å²) < 4.78 is 2.40. The number of fused-ring (bicyclic) bond motifs is 1. The van der Waals surface area contributed by atoms with Gasteiger partial charge >= 0.3 is 0 Å². The number of rotatable bonds is 7. The van der Waals surface area contributed by atoms with Crippen LogP contribution in [0.3, 0.4) is 0 Å². The highest BCUT2D eigenvalue weighted by atomic mass is 15.0. The average molecular weight is 272 g/mol. The fourth-order valence-corrected chi connectivity index (χ4v) is 2.81. The van der Waals surface area contributed by atoms with Gasteiger partial charge in [-0.1, -0.05) is 39.7 Å². The van der Waals surface area contributed by atoms with E-state index in [0.717, 1.165) is 25.3 Å². The van der Waals surface area contributed by atoms with Crippen LogP contribution in [0.5, 0.6) is 0 Å². The van der Waals surface area contributed by atoms with E-state index in [1.807, 2.05) is 0 Å². The Balaban J connectivity index is 2.20. The third-order valence-corrected chi connectivity index (χ3v) is 4.47. The molecule has 2 nitrogen and oxygen atoms in total. The Bertz CT molecular complexity index is 537. The molecule has 0 saturated carbocycles. The molecular weight excluding hydrogens is 244 g/mol. The normalized spacial score (nSPS) is 13.2. The molecule has 0 amide bonds. The zero-order chi connectivity index (χ0) is 14.5. The fraction of sp³-hybridized carbons (Fsp3) is 0.556. The van der Waals surface area contributed by atoms with E-state index in [1.165, 1.54) is 29.3 Å². The van der Waals surface area contributed by atoms with Crippen LogP contribution >= 0.6 is 0 Å². The van der Waals surface area contributed by atoms with Crippen molar-refractivity contribution in [2.75, 3.05) is 0 Å². The zero-order valence-corrected chi connectivity index (χ0v) is 13.1. The molecule has 0 saturated heterocycles. The van der Waals surface area contributed by atoms with Crippen LogP contribution in [0.15, 0.2) is 30.5 Å². The summed E-state index contributed by atoms with van der Waals surface area (Å²) in [5.41, 5.74) is 8.76. The second-order valence-corrected chi connectivity index (χ2v) is 5.92. The van der Waals surface area contributed by atoms with Crippen LogP contribution in [-0.2, 0) is 13.0 Å². The van der Waals surface area contributed by atoms with Gasteiger partial charge in [0.05, 0.1) is 0 Å². The van der Waals surface area contributed by atoms with Crippen molar-refractivity contribution in [1.82, 2.24) is 4.57 Å². The molecule has 2 N–H and O–H groups in total. The fourth-order valence-electron chi connectivity index (χ4n) is 2.81. The van der Waals surface area contributed by atoms with E-state index in [2.05, 4.69) is 55.8 Å². The van der Waals surface area contributed by atoms with Crippen molar-refractivity contribution in [1.29, 1.82) is 0 Å². The zero-order valence-electron chi connectivity index (χ0n) is 13.1. The maximum absolute atomic E-state index is 6.05. The molecular formula is C18H28N2. The van der Waals surface area contributed by atoms with Gasteiger partial charge < -0.3 is 10.3 Å². The van der Waals surface area contributed by atoms with Crippen molar-refractivity contribution >= 4 is 10.9 Å². The maximum atomic E-state index is 6.05. The van der Waals surface area contributed by atoms with Crippen molar-refractivity contribution in [3.63, 3.8) is 0 Å². The lowest BCUT2D eigenvalue weighted by Crippen LogP contribution is -2.21. The molecule has 2 aromatic rings. The molecule has 1 heterocycles. The third-order valence-electron chi connectivity index (χ3n) is 4.47. The Morgan fingerprint density at radius 2 is 1.80 bits per heavy atom. The number of hydrogen-bond acceptors (Lipinski definition) is 1. The molecule has 0 aliphatic heterocycles.